The molecule has 4 aromatic rings. The Morgan fingerprint density at radius 2 is 1.90 bits per heavy atom. The van der Waals surface area contributed by atoms with E-state index in [0.717, 1.165) is 11.1 Å². The van der Waals surface area contributed by atoms with E-state index in [0.29, 0.717) is 23.7 Å². The number of nitrogens with zero attached hydrogens (tertiary/aromatic N) is 4. The zero-order chi connectivity index (χ0) is 20.9. The van der Waals surface area contributed by atoms with Gasteiger partial charge in [0, 0.05) is 23.5 Å². The Kier molecular flexibility index (Phi) is 5.47. The second kappa shape index (κ2) is 8.52. The highest BCUT2D eigenvalue weighted by Gasteiger charge is 2.14. The molecule has 2 aromatic carbocycles. The Hall–Kier alpha value is -4.07. The van der Waals surface area contributed by atoms with Gasteiger partial charge in [-0.25, -0.2) is 19.0 Å². The van der Waals surface area contributed by atoms with Gasteiger partial charge in [-0.05, 0) is 48.9 Å². The zero-order valence-corrected chi connectivity index (χ0v) is 16.1. The summed E-state index contributed by atoms with van der Waals surface area (Å²) in [5, 5.41) is 7.18. The van der Waals surface area contributed by atoms with Crippen molar-refractivity contribution in [2.45, 2.75) is 13.5 Å². The van der Waals surface area contributed by atoms with Gasteiger partial charge in [0.05, 0.1) is 12.7 Å². The highest BCUT2D eigenvalue weighted by molar-refractivity contribution is 6.04. The molecule has 8 heteroatoms. The van der Waals surface area contributed by atoms with Gasteiger partial charge in [0.15, 0.2) is 0 Å². The van der Waals surface area contributed by atoms with Crippen LogP contribution < -0.4 is 10.1 Å². The van der Waals surface area contributed by atoms with E-state index >= 15 is 0 Å². The summed E-state index contributed by atoms with van der Waals surface area (Å²) in [6.07, 6.45) is 4.80. The number of carbonyl (C=O) groups is 1. The van der Waals surface area contributed by atoms with Crippen molar-refractivity contribution in [3.8, 4) is 11.8 Å². The molecule has 0 aliphatic rings. The van der Waals surface area contributed by atoms with Gasteiger partial charge in [-0.15, -0.1) is 0 Å². The number of ether oxygens (including phenoxy) is 1. The predicted octanol–water partition coefficient (Wildman–Crippen LogP) is 4.21. The van der Waals surface area contributed by atoms with Crippen LogP contribution in [0.25, 0.3) is 0 Å². The average molecular weight is 403 g/mol. The number of aryl methyl sites for hydroxylation is 1. The van der Waals surface area contributed by atoms with E-state index < -0.39 is 0 Å². The number of benzene rings is 2. The van der Waals surface area contributed by atoms with Crippen LogP contribution in [0.3, 0.4) is 0 Å². The van der Waals surface area contributed by atoms with Crippen molar-refractivity contribution in [3.63, 3.8) is 0 Å². The monoisotopic (exact) mass is 403 g/mol. The van der Waals surface area contributed by atoms with Gasteiger partial charge >= 0.3 is 6.01 Å². The number of rotatable bonds is 6. The van der Waals surface area contributed by atoms with E-state index in [-0.39, 0.29) is 17.7 Å². The van der Waals surface area contributed by atoms with Crippen LogP contribution in [-0.4, -0.2) is 25.7 Å². The molecule has 0 saturated carbocycles. The van der Waals surface area contributed by atoms with Gasteiger partial charge in [-0.3, -0.25) is 4.79 Å². The number of carbonyl (C=O) groups excluding carboxylic acids is 1. The van der Waals surface area contributed by atoms with Crippen molar-refractivity contribution in [1.82, 2.24) is 19.7 Å². The van der Waals surface area contributed by atoms with Crippen LogP contribution >= 0.6 is 0 Å². The first kappa shape index (κ1) is 19.3. The van der Waals surface area contributed by atoms with Crippen LogP contribution in [0, 0.1) is 12.7 Å². The summed E-state index contributed by atoms with van der Waals surface area (Å²) in [5.74, 6) is 0.348. The average Bonchev–Trinajstić information content (AvgIpc) is 3.08. The number of hydrogen-bond acceptors (Lipinski definition) is 5. The molecule has 150 valence electrons. The SMILES string of the molecule is Cc1cnn(Cc2cccc(F)c2)c1NC(=O)c1cccc(Oc2ncccn2)c1. The summed E-state index contributed by atoms with van der Waals surface area (Å²) in [6, 6.07) is 14.9. The van der Waals surface area contributed by atoms with Crippen molar-refractivity contribution in [2.24, 2.45) is 0 Å². The van der Waals surface area contributed by atoms with Gasteiger partial charge in [0.1, 0.15) is 17.4 Å². The Bertz CT molecular complexity index is 1180. The molecule has 0 radical (unpaired) electrons. The first-order chi connectivity index (χ1) is 14.6. The molecule has 2 aromatic heterocycles. The minimum absolute atomic E-state index is 0.194. The number of aromatic nitrogens is 4. The van der Waals surface area contributed by atoms with Crippen LogP contribution in [0.1, 0.15) is 21.5 Å². The standard InChI is InChI=1S/C22H18FN5O2/c1-15-13-26-28(14-16-5-2-7-18(23)11-16)20(15)27-21(29)17-6-3-8-19(12-17)30-22-24-9-4-10-25-22/h2-13H,14H2,1H3,(H,27,29). The molecule has 2 heterocycles. The summed E-state index contributed by atoms with van der Waals surface area (Å²) in [6.45, 7) is 2.17. The smallest absolute Gasteiger partial charge is 0.321 e. The lowest BCUT2D eigenvalue weighted by atomic mass is 10.2. The third-order valence-corrected chi connectivity index (χ3v) is 4.32. The predicted molar refractivity (Wildman–Crippen MR) is 109 cm³/mol. The van der Waals surface area contributed by atoms with Crippen molar-refractivity contribution >= 4 is 11.7 Å². The number of halogens is 1. The van der Waals surface area contributed by atoms with E-state index in [2.05, 4.69) is 20.4 Å². The maximum atomic E-state index is 13.5. The molecule has 7 nitrogen and oxygen atoms in total. The number of nitrogens with one attached hydrogen (secondary N) is 1. The second-order valence-corrected chi connectivity index (χ2v) is 6.58. The molecule has 30 heavy (non-hydrogen) atoms. The van der Waals surface area contributed by atoms with Crippen molar-refractivity contribution in [1.29, 1.82) is 0 Å². The van der Waals surface area contributed by atoms with Gasteiger partial charge in [0.2, 0.25) is 0 Å². The van der Waals surface area contributed by atoms with E-state index in [1.165, 1.54) is 12.1 Å². The summed E-state index contributed by atoms with van der Waals surface area (Å²) in [5.41, 5.74) is 1.94. The molecular formula is C22H18FN5O2. The van der Waals surface area contributed by atoms with Crippen LogP contribution in [0.4, 0.5) is 10.2 Å². The Morgan fingerprint density at radius 3 is 2.70 bits per heavy atom. The molecule has 0 atom stereocenters. The Morgan fingerprint density at radius 1 is 1.10 bits per heavy atom. The maximum Gasteiger partial charge on any atom is 0.321 e. The Labute approximate surface area is 172 Å². The third-order valence-electron chi connectivity index (χ3n) is 4.32. The summed E-state index contributed by atoms with van der Waals surface area (Å²) < 4.78 is 20.7. The largest absolute Gasteiger partial charge is 0.424 e. The lowest BCUT2D eigenvalue weighted by Crippen LogP contribution is -2.17. The molecule has 0 unspecified atom stereocenters. The summed E-state index contributed by atoms with van der Waals surface area (Å²) in [4.78, 5) is 20.8. The number of amides is 1. The molecule has 0 saturated heterocycles. The first-order valence-electron chi connectivity index (χ1n) is 9.21. The third kappa shape index (κ3) is 4.49. The first-order valence-corrected chi connectivity index (χ1v) is 9.21. The quantitative estimate of drug-likeness (QED) is 0.521. The molecule has 0 spiro atoms. The molecule has 1 amide bonds. The summed E-state index contributed by atoms with van der Waals surface area (Å²) in [7, 11) is 0. The van der Waals surface area contributed by atoms with Gasteiger partial charge in [0.25, 0.3) is 5.91 Å². The lowest BCUT2D eigenvalue weighted by molar-refractivity contribution is 0.102. The van der Waals surface area contributed by atoms with E-state index in [9.17, 15) is 9.18 Å². The van der Waals surface area contributed by atoms with Crippen LogP contribution in [0.15, 0.2) is 73.2 Å². The molecule has 0 aliphatic heterocycles. The fraction of sp³-hybridized carbons (Fsp3) is 0.0909. The van der Waals surface area contributed by atoms with Crippen LogP contribution in [-0.2, 0) is 6.54 Å². The van der Waals surface area contributed by atoms with Gasteiger partial charge < -0.3 is 10.1 Å². The zero-order valence-electron chi connectivity index (χ0n) is 16.1. The summed E-state index contributed by atoms with van der Waals surface area (Å²) >= 11 is 0. The lowest BCUT2D eigenvalue weighted by Gasteiger charge is -2.11. The molecule has 0 fully saturated rings. The van der Waals surface area contributed by atoms with Crippen LogP contribution in [0.5, 0.6) is 11.8 Å². The minimum Gasteiger partial charge on any atom is -0.424 e. The normalized spacial score (nSPS) is 10.6. The second-order valence-electron chi connectivity index (χ2n) is 6.58. The molecule has 0 aliphatic carbocycles. The van der Waals surface area contributed by atoms with Crippen molar-refractivity contribution in [2.75, 3.05) is 5.32 Å². The number of hydrogen-bond donors (Lipinski definition) is 1. The Balaban J connectivity index is 1.52. The van der Waals surface area contributed by atoms with Crippen molar-refractivity contribution in [3.05, 3.63) is 95.7 Å². The molecule has 1 N–H and O–H groups in total. The minimum atomic E-state index is -0.321. The van der Waals surface area contributed by atoms with Crippen molar-refractivity contribution < 1.29 is 13.9 Å². The van der Waals surface area contributed by atoms with E-state index in [1.807, 2.05) is 6.92 Å². The van der Waals surface area contributed by atoms with Gasteiger partial charge in [-0.2, -0.15) is 5.10 Å². The van der Waals surface area contributed by atoms with Gasteiger partial charge in [-0.1, -0.05) is 18.2 Å². The molecule has 4 rings (SSSR count). The van der Waals surface area contributed by atoms with E-state index in [1.54, 1.807) is 65.7 Å². The fourth-order valence-corrected chi connectivity index (χ4v) is 2.89. The number of anilines is 1. The highest BCUT2D eigenvalue weighted by atomic mass is 19.1. The van der Waals surface area contributed by atoms with E-state index in [4.69, 9.17) is 4.74 Å². The maximum absolute atomic E-state index is 13.5. The van der Waals surface area contributed by atoms with Crippen LogP contribution in [0.2, 0.25) is 0 Å². The molecular weight excluding hydrogens is 385 g/mol. The highest BCUT2D eigenvalue weighted by Crippen LogP contribution is 2.21. The fourth-order valence-electron chi connectivity index (χ4n) is 2.89. The molecule has 0 bridgehead atoms. The topological polar surface area (TPSA) is 81.9 Å².